The lowest BCUT2D eigenvalue weighted by Crippen LogP contribution is -1.95. The minimum atomic E-state index is 0.711. The highest BCUT2D eigenvalue weighted by Crippen LogP contribution is 2.42. The molecule has 0 radical (unpaired) electrons. The van der Waals surface area contributed by atoms with Crippen molar-refractivity contribution in [3.8, 4) is 78.3 Å². The molecule has 0 unspecified atom stereocenters. The van der Waals surface area contributed by atoms with Gasteiger partial charge in [-0.2, -0.15) is 0 Å². The molecule has 55 heavy (non-hydrogen) atoms. The van der Waals surface area contributed by atoms with Gasteiger partial charge >= 0.3 is 0 Å². The van der Waals surface area contributed by atoms with Gasteiger partial charge in [-0.25, -0.2) is 9.97 Å². The topological polar surface area (TPSA) is 25.8 Å². The summed E-state index contributed by atoms with van der Waals surface area (Å²) in [5, 5.41) is 2.29. The number of benzene rings is 8. The summed E-state index contributed by atoms with van der Waals surface area (Å²) in [7, 11) is 0. The van der Waals surface area contributed by atoms with Gasteiger partial charge in [0.1, 0.15) is 4.83 Å². The molecule has 2 aromatic heterocycles. The van der Waals surface area contributed by atoms with Crippen molar-refractivity contribution in [2.75, 3.05) is 0 Å². The van der Waals surface area contributed by atoms with E-state index in [9.17, 15) is 0 Å². The molecule has 0 aliphatic heterocycles. The molecular weight excluding hydrogens is 685 g/mol. The number of aromatic nitrogens is 2. The maximum atomic E-state index is 5.42. The Morgan fingerprint density at radius 1 is 0.291 bits per heavy atom. The van der Waals surface area contributed by atoms with Gasteiger partial charge < -0.3 is 0 Å². The van der Waals surface area contributed by atoms with Crippen LogP contribution < -0.4 is 0 Å². The van der Waals surface area contributed by atoms with Crippen LogP contribution in [-0.4, -0.2) is 9.97 Å². The van der Waals surface area contributed by atoms with E-state index in [4.69, 9.17) is 9.97 Å². The van der Waals surface area contributed by atoms with Gasteiger partial charge in [-0.3, -0.25) is 0 Å². The molecule has 10 aromatic rings. The predicted octanol–water partition coefficient (Wildman–Crippen LogP) is 14.5. The van der Waals surface area contributed by atoms with Gasteiger partial charge in [0.25, 0.3) is 0 Å². The average Bonchev–Trinajstić information content (AvgIpc) is 3.66. The van der Waals surface area contributed by atoms with Gasteiger partial charge in [0, 0.05) is 26.6 Å². The molecular formula is C52H34N2S. The summed E-state index contributed by atoms with van der Waals surface area (Å²) < 4.78 is 1.21. The van der Waals surface area contributed by atoms with Crippen molar-refractivity contribution in [3.05, 3.63) is 206 Å². The normalized spacial score (nSPS) is 11.3. The Balaban J connectivity index is 1.23. The lowest BCUT2D eigenvalue weighted by molar-refractivity contribution is 1.24. The molecule has 0 saturated heterocycles. The molecule has 0 fully saturated rings. The Labute approximate surface area is 324 Å². The third-order valence-electron chi connectivity index (χ3n) is 10.3. The molecule has 0 bridgehead atoms. The van der Waals surface area contributed by atoms with E-state index in [1.165, 1.54) is 43.5 Å². The van der Waals surface area contributed by atoms with E-state index in [0.717, 1.165) is 49.3 Å². The minimum Gasteiger partial charge on any atom is -0.227 e. The zero-order valence-corrected chi connectivity index (χ0v) is 30.7. The first-order valence-electron chi connectivity index (χ1n) is 18.6. The molecule has 0 amide bonds. The summed E-state index contributed by atoms with van der Waals surface area (Å²) in [4.78, 5) is 11.8. The van der Waals surface area contributed by atoms with Crippen molar-refractivity contribution in [1.29, 1.82) is 0 Å². The molecule has 2 heterocycles. The van der Waals surface area contributed by atoms with Crippen LogP contribution in [0.2, 0.25) is 0 Å². The molecule has 0 atom stereocenters. The van der Waals surface area contributed by atoms with Gasteiger partial charge in [0.2, 0.25) is 0 Å². The maximum Gasteiger partial charge on any atom is 0.161 e. The third-order valence-corrected chi connectivity index (χ3v) is 11.3. The first-order chi connectivity index (χ1) is 27.2. The summed E-state index contributed by atoms with van der Waals surface area (Å²) in [5.74, 6) is 0.711. The first kappa shape index (κ1) is 32.7. The average molecular weight is 719 g/mol. The van der Waals surface area contributed by atoms with E-state index in [0.29, 0.717) is 5.82 Å². The molecule has 8 aromatic carbocycles. The van der Waals surface area contributed by atoms with Crippen LogP contribution >= 0.6 is 11.3 Å². The van der Waals surface area contributed by atoms with Crippen molar-refractivity contribution in [2.45, 2.75) is 0 Å². The van der Waals surface area contributed by atoms with E-state index in [-0.39, 0.29) is 0 Å². The Hall–Kier alpha value is -6.94. The van der Waals surface area contributed by atoms with Crippen LogP contribution in [0.3, 0.4) is 0 Å². The van der Waals surface area contributed by atoms with Crippen LogP contribution in [0, 0.1) is 0 Å². The van der Waals surface area contributed by atoms with E-state index < -0.39 is 0 Å². The number of nitrogens with zero attached hydrogens (tertiary/aromatic N) is 2. The Morgan fingerprint density at radius 2 is 0.673 bits per heavy atom. The first-order valence-corrected chi connectivity index (χ1v) is 19.4. The number of thiophene rings is 1. The molecule has 2 nitrogen and oxygen atoms in total. The fraction of sp³-hybridized carbons (Fsp3) is 0. The zero-order valence-electron chi connectivity index (χ0n) is 29.9. The minimum absolute atomic E-state index is 0.711. The molecule has 0 saturated carbocycles. The molecule has 0 N–H and O–H groups in total. The monoisotopic (exact) mass is 718 g/mol. The van der Waals surface area contributed by atoms with Gasteiger partial charge in [0.05, 0.1) is 5.69 Å². The summed E-state index contributed by atoms with van der Waals surface area (Å²) in [5.41, 5.74) is 14.6. The van der Waals surface area contributed by atoms with E-state index >= 15 is 0 Å². The van der Waals surface area contributed by atoms with E-state index in [1.54, 1.807) is 11.3 Å². The van der Waals surface area contributed by atoms with Crippen molar-refractivity contribution < 1.29 is 0 Å². The molecule has 0 aliphatic carbocycles. The lowest BCUT2D eigenvalue weighted by Gasteiger charge is -2.15. The summed E-state index contributed by atoms with van der Waals surface area (Å²) in [6, 6.07) is 73.6. The van der Waals surface area contributed by atoms with Gasteiger partial charge in [0.15, 0.2) is 5.82 Å². The second kappa shape index (κ2) is 14.1. The standard InChI is InChI=1S/C52H34N2S/c1-5-16-35(17-6-1)39-24-15-25-40(28-39)43-32-45(44-30-41(36-18-7-2-8-19-36)29-42(31-44)37-20-9-3-10-21-37)34-46(33-43)51-53-50(38-22-11-4-12-23-38)49-47-26-13-14-27-48(47)55-52(49)54-51/h1-34H. The molecule has 0 spiro atoms. The van der Waals surface area contributed by atoms with Crippen LogP contribution in [0.25, 0.3) is 98.6 Å². The van der Waals surface area contributed by atoms with Crippen LogP contribution in [0.5, 0.6) is 0 Å². The SMILES string of the molecule is c1ccc(-c2cccc(-c3cc(-c4cc(-c5ccccc5)cc(-c5ccccc5)c4)cc(-c4nc(-c5ccccc5)c5c(n4)sc4ccccc45)c3)c2)cc1. The van der Waals surface area contributed by atoms with Crippen molar-refractivity contribution in [1.82, 2.24) is 9.97 Å². The zero-order chi connectivity index (χ0) is 36.6. The molecule has 0 aliphatic rings. The number of hydrogen-bond donors (Lipinski definition) is 0. The summed E-state index contributed by atoms with van der Waals surface area (Å²) in [6.07, 6.45) is 0. The van der Waals surface area contributed by atoms with Crippen molar-refractivity contribution in [3.63, 3.8) is 0 Å². The van der Waals surface area contributed by atoms with Crippen LogP contribution in [0.1, 0.15) is 0 Å². The fourth-order valence-corrected chi connectivity index (χ4v) is 8.62. The van der Waals surface area contributed by atoms with Crippen molar-refractivity contribution in [2.24, 2.45) is 0 Å². The number of hydrogen-bond acceptors (Lipinski definition) is 3. The van der Waals surface area contributed by atoms with Crippen LogP contribution in [0.15, 0.2) is 206 Å². The van der Waals surface area contributed by atoms with E-state index in [1.807, 2.05) is 0 Å². The highest BCUT2D eigenvalue weighted by Gasteiger charge is 2.18. The highest BCUT2D eigenvalue weighted by atomic mass is 32.1. The van der Waals surface area contributed by atoms with Crippen LogP contribution in [-0.2, 0) is 0 Å². The maximum absolute atomic E-state index is 5.42. The largest absolute Gasteiger partial charge is 0.227 e. The van der Waals surface area contributed by atoms with Gasteiger partial charge in [-0.1, -0.05) is 158 Å². The van der Waals surface area contributed by atoms with E-state index in [2.05, 4.69) is 206 Å². The molecule has 258 valence electrons. The second-order valence-electron chi connectivity index (χ2n) is 13.8. The predicted molar refractivity (Wildman–Crippen MR) is 233 cm³/mol. The Kier molecular flexibility index (Phi) is 8.40. The molecule has 10 rings (SSSR count). The van der Waals surface area contributed by atoms with Crippen molar-refractivity contribution >= 4 is 31.6 Å². The molecule has 3 heteroatoms. The third kappa shape index (κ3) is 6.41. The Morgan fingerprint density at radius 3 is 1.24 bits per heavy atom. The fourth-order valence-electron chi connectivity index (χ4n) is 7.54. The number of rotatable bonds is 7. The van der Waals surface area contributed by atoms with Gasteiger partial charge in [-0.15, -0.1) is 11.3 Å². The smallest absolute Gasteiger partial charge is 0.161 e. The lowest BCUT2D eigenvalue weighted by atomic mass is 9.90. The number of fused-ring (bicyclic) bond motifs is 3. The Bertz CT molecular complexity index is 2900. The van der Waals surface area contributed by atoms with Crippen LogP contribution in [0.4, 0.5) is 0 Å². The second-order valence-corrected chi connectivity index (χ2v) is 14.8. The quantitative estimate of drug-likeness (QED) is 0.164. The van der Waals surface area contributed by atoms with Gasteiger partial charge in [-0.05, 0) is 104 Å². The summed E-state index contributed by atoms with van der Waals surface area (Å²) >= 11 is 1.73. The summed E-state index contributed by atoms with van der Waals surface area (Å²) in [6.45, 7) is 0. The highest BCUT2D eigenvalue weighted by molar-refractivity contribution is 7.25.